The molecule has 0 amide bonds. The lowest BCUT2D eigenvalue weighted by Gasteiger charge is -2.55. The van der Waals surface area contributed by atoms with Crippen molar-refractivity contribution in [2.45, 2.75) is 23.9 Å². The van der Waals surface area contributed by atoms with Crippen molar-refractivity contribution in [2.24, 2.45) is 0 Å². The number of hydrogen-bond donors (Lipinski definition) is 0. The fourth-order valence-electron chi connectivity index (χ4n) is 5.97. The van der Waals surface area contributed by atoms with Crippen LogP contribution in [-0.2, 0) is 10.3 Å². The Balaban J connectivity index is 1.65. The third-order valence-corrected chi connectivity index (χ3v) is 7.05. The van der Waals surface area contributed by atoms with Gasteiger partial charge in [-0.1, -0.05) is 60.7 Å². The molecule has 1 saturated heterocycles. The van der Waals surface area contributed by atoms with Gasteiger partial charge in [-0.25, -0.2) is 0 Å². The molecule has 140 valence electrons. The zero-order chi connectivity index (χ0) is 18.6. The van der Waals surface area contributed by atoms with E-state index in [0.29, 0.717) is 12.0 Å². The van der Waals surface area contributed by atoms with Gasteiger partial charge in [0.15, 0.2) is 17.9 Å². The number of benzene rings is 2. The van der Waals surface area contributed by atoms with Crippen molar-refractivity contribution in [3.63, 3.8) is 0 Å². The van der Waals surface area contributed by atoms with Crippen LogP contribution in [0, 0.1) is 0 Å². The summed E-state index contributed by atoms with van der Waals surface area (Å²) in [5.41, 5.74) is 5.85. The number of pyridine rings is 1. The second-order valence-corrected chi connectivity index (χ2v) is 8.20. The van der Waals surface area contributed by atoms with Gasteiger partial charge in [-0.2, -0.15) is 4.57 Å². The predicted octanol–water partition coefficient (Wildman–Crippen LogP) is 3.64. The van der Waals surface area contributed by atoms with E-state index in [9.17, 15) is 0 Å². The van der Waals surface area contributed by atoms with Crippen molar-refractivity contribution in [1.82, 2.24) is 4.90 Å². The van der Waals surface area contributed by atoms with Gasteiger partial charge in [0.05, 0.1) is 24.7 Å². The normalized spacial score (nSPS) is 28.6. The number of aromatic nitrogens is 1. The molecule has 1 aromatic heterocycles. The number of hydrogen-bond acceptors (Lipinski definition) is 2. The van der Waals surface area contributed by atoms with Gasteiger partial charge in [0.25, 0.3) is 0 Å². The lowest BCUT2D eigenvalue weighted by molar-refractivity contribution is -0.734. The first-order valence-corrected chi connectivity index (χ1v) is 10.4. The standard InChI is InChI=1S/C25H25N2O/c1-2-8-19(9-3-1)25(26-14-16-28-17-15-26)18-23-20-10-4-5-11-21(20)24(25)22-12-6-7-13-27(22)23/h1-13,23-24H,14-18H2/q+1. The highest BCUT2D eigenvalue weighted by Gasteiger charge is 2.60. The van der Waals surface area contributed by atoms with Crippen molar-refractivity contribution >= 4 is 0 Å². The predicted molar refractivity (Wildman–Crippen MR) is 108 cm³/mol. The third kappa shape index (κ3) is 2.15. The molecule has 0 saturated carbocycles. The Hall–Kier alpha value is -2.49. The Kier molecular flexibility index (Phi) is 3.68. The fraction of sp³-hybridized carbons (Fsp3) is 0.320. The number of ether oxygens (including phenoxy) is 1. The summed E-state index contributed by atoms with van der Waals surface area (Å²) in [6, 6.07) is 27.4. The second kappa shape index (κ2) is 6.26. The van der Waals surface area contributed by atoms with E-state index >= 15 is 0 Å². The Bertz CT molecular complexity index is 964. The minimum atomic E-state index is -0.0224. The maximum absolute atomic E-state index is 5.74. The Morgan fingerprint density at radius 1 is 0.821 bits per heavy atom. The number of fused-ring (bicyclic) bond motifs is 1. The Morgan fingerprint density at radius 3 is 2.36 bits per heavy atom. The lowest BCUT2D eigenvalue weighted by Crippen LogP contribution is -2.66. The summed E-state index contributed by atoms with van der Waals surface area (Å²) in [4.78, 5) is 2.72. The molecule has 7 rings (SSSR count). The average Bonchev–Trinajstić information content (AvgIpc) is 2.80. The molecule has 0 spiro atoms. The van der Waals surface area contributed by atoms with Crippen LogP contribution in [0.2, 0.25) is 0 Å². The molecule has 3 nitrogen and oxygen atoms in total. The molecule has 3 atom stereocenters. The van der Waals surface area contributed by atoms with E-state index in [-0.39, 0.29) is 5.54 Å². The van der Waals surface area contributed by atoms with E-state index in [4.69, 9.17) is 4.74 Å². The molecule has 3 heteroatoms. The molecular formula is C25H25N2O+. The molecule has 1 fully saturated rings. The molecule has 3 aliphatic heterocycles. The topological polar surface area (TPSA) is 16.4 Å². The summed E-state index contributed by atoms with van der Waals surface area (Å²) in [6.45, 7) is 3.63. The van der Waals surface area contributed by atoms with Crippen molar-refractivity contribution in [1.29, 1.82) is 0 Å². The molecule has 0 radical (unpaired) electrons. The summed E-state index contributed by atoms with van der Waals surface area (Å²) < 4.78 is 8.27. The van der Waals surface area contributed by atoms with Crippen molar-refractivity contribution in [3.05, 3.63) is 101 Å². The maximum Gasteiger partial charge on any atom is 0.191 e. The minimum Gasteiger partial charge on any atom is -0.379 e. The third-order valence-electron chi connectivity index (χ3n) is 7.05. The van der Waals surface area contributed by atoms with E-state index < -0.39 is 0 Å². The van der Waals surface area contributed by atoms with Crippen LogP contribution in [-0.4, -0.2) is 31.2 Å². The molecule has 3 aromatic rings. The SMILES string of the molecule is c1ccc(C2(N3CCOCC3)CC3c4ccccc4C2c2cccc[n+]23)cc1. The van der Waals surface area contributed by atoms with Crippen LogP contribution in [0.5, 0.6) is 0 Å². The molecule has 1 aliphatic carbocycles. The molecule has 0 N–H and O–H groups in total. The molecule has 4 aliphatic rings. The fourth-order valence-corrected chi connectivity index (χ4v) is 5.97. The van der Waals surface area contributed by atoms with Gasteiger partial charge in [0.2, 0.25) is 0 Å². The van der Waals surface area contributed by atoms with Gasteiger partial charge in [-0.15, -0.1) is 0 Å². The quantitative estimate of drug-likeness (QED) is 0.641. The van der Waals surface area contributed by atoms with Crippen LogP contribution in [0.3, 0.4) is 0 Å². The lowest BCUT2D eigenvalue weighted by atomic mass is 9.59. The first kappa shape index (κ1) is 16.5. The van der Waals surface area contributed by atoms with Crippen LogP contribution in [0.15, 0.2) is 79.0 Å². The van der Waals surface area contributed by atoms with Crippen LogP contribution in [0.25, 0.3) is 0 Å². The summed E-state index contributed by atoms with van der Waals surface area (Å²) >= 11 is 0. The van der Waals surface area contributed by atoms with Gasteiger partial charge in [0, 0.05) is 37.2 Å². The van der Waals surface area contributed by atoms with Crippen LogP contribution < -0.4 is 4.57 Å². The van der Waals surface area contributed by atoms with E-state index in [1.54, 1.807) is 0 Å². The molecule has 3 unspecified atom stereocenters. The van der Waals surface area contributed by atoms with Crippen molar-refractivity contribution in [3.8, 4) is 0 Å². The monoisotopic (exact) mass is 369 g/mol. The van der Waals surface area contributed by atoms with Gasteiger partial charge < -0.3 is 4.74 Å². The summed E-state index contributed by atoms with van der Waals surface area (Å²) in [7, 11) is 0. The van der Waals surface area contributed by atoms with Crippen molar-refractivity contribution in [2.75, 3.05) is 26.3 Å². The molecule has 4 heterocycles. The van der Waals surface area contributed by atoms with Gasteiger partial charge in [0.1, 0.15) is 0 Å². The molecule has 2 aromatic carbocycles. The van der Waals surface area contributed by atoms with Gasteiger partial charge in [-0.05, 0) is 11.1 Å². The Morgan fingerprint density at radius 2 is 1.54 bits per heavy atom. The maximum atomic E-state index is 5.74. The van der Waals surface area contributed by atoms with Gasteiger partial charge >= 0.3 is 0 Å². The average molecular weight is 369 g/mol. The largest absolute Gasteiger partial charge is 0.379 e. The number of morpholine rings is 1. The smallest absolute Gasteiger partial charge is 0.191 e. The highest BCUT2D eigenvalue weighted by molar-refractivity contribution is 5.48. The second-order valence-electron chi connectivity index (χ2n) is 8.20. The first-order valence-electron chi connectivity index (χ1n) is 10.4. The minimum absolute atomic E-state index is 0.0224. The molecule has 2 bridgehead atoms. The summed E-state index contributed by atoms with van der Waals surface area (Å²) in [5, 5.41) is 0. The zero-order valence-corrected chi connectivity index (χ0v) is 16.0. The first-order chi connectivity index (χ1) is 13.9. The molecular weight excluding hydrogens is 344 g/mol. The number of nitrogens with zero attached hydrogens (tertiary/aromatic N) is 2. The van der Waals surface area contributed by atoms with Crippen LogP contribution in [0.4, 0.5) is 0 Å². The van der Waals surface area contributed by atoms with Crippen molar-refractivity contribution < 1.29 is 9.30 Å². The van der Waals surface area contributed by atoms with Gasteiger partial charge in [-0.3, -0.25) is 4.90 Å². The Labute approximate surface area is 166 Å². The number of rotatable bonds is 2. The van der Waals surface area contributed by atoms with Crippen LogP contribution in [0.1, 0.15) is 40.8 Å². The highest BCUT2D eigenvalue weighted by atomic mass is 16.5. The van der Waals surface area contributed by atoms with E-state index in [1.165, 1.54) is 22.4 Å². The van der Waals surface area contributed by atoms with E-state index in [0.717, 1.165) is 32.7 Å². The molecule has 28 heavy (non-hydrogen) atoms. The van der Waals surface area contributed by atoms with E-state index in [1.807, 2.05) is 0 Å². The zero-order valence-electron chi connectivity index (χ0n) is 16.0. The summed E-state index contributed by atoms with van der Waals surface area (Å²) in [6.07, 6.45) is 3.39. The van der Waals surface area contributed by atoms with Crippen LogP contribution >= 0.6 is 0 Å². The highest BCUT2D eigenvalue weighted by Crippen LogP contribution is 2.57. The summed E-state index contributed by atoms with van der Waals surface area (Å²) in [5.74, 6) is 0.329. The van der Waals surface area contributed by atoms with E-state index in [2.05, 4.69) is 88.5 Å².